The maximum atomic E-state index is 6.23. The number of nitrogens with two attached hydrogens (primary N) is 1. The molecule has 2 N–H and O–H groups in total. The molecule has 0 bridgehead atoms. The van der Waals surface area contributed by atoms with Crippen molar-refractivity contribution < 1.29 is 4.74 Å². The predicted octanol–water partition coefficient (Wildman–Crippen LogP) is 4.07. The van der Waals surface area contributed by atoms with Gasteiger partial charge in [0.15, 0.2) is 0 Å². The van der Waals surface area contributed by atoms with Crippen LogP contribution in [0.25, 0.3) is 5.57 Å². The minimum atomic E-state index is -0.0715. The molecule has 1 unspecified atom stereocenters. The lowest BCUT2D eigenvalue weighted by Crippen LogP contribution is -2.47. The van der Waals surface area contributed by atoms with E-state index < -0.39 is 0 Å². The second-order valence-corrected chi connectivity index (χ2v) is 7.78. The molecule has 138 valence electrons. The molecule has 0 fully saturated rings. The van der Waals surface area contributed by atoms with Crippen LogP contribution in [0.2, 0.25) is 0 Å². The van der Waals surface area contributed by atoms with E-state index in [1.807, 2.05) is 42.5 Å². The lowest BCUT2D eigenvalue weighted by Gasteiger charge is -2.36. The smallest absolute Gasteiger partial charge is 0.134 e. The molecular formula is C22H24N4O. The Balaban J connectivity index is 1.65. The van der Waals surface area contributed by atoms with E-state index in [2.05, 4.69) is 47.8 Å². The SMILES string of the molecule is CC(C)(C)N1CC(c2ccc(Oc3ccccc3)cc2)=C2C(N)=NC=NC21. The average molecular weight is 360 g/mol. The molecule has 2 aliphatic rings. The van der Waals surface area contributed by atoms with Gasteiger partial charge in [-0.3, -0.25) is 4.90 Å². The van der Waals surface area contributed by atoms with Gasteiger partial charge in [0.2, 0.25) is 0 Å². The molecule has 0 spiro atoms. The van der Waals surface area contributed by atoms with E-state index >= 15 is 0 Å². The zero-order valence-corrected chi connectivity index (χ0v) is 15.9. The summed E-state index contributed by atoms with van der Waals surface area (Å²) >= 11 is 0. The summed E-state index contributed by atoms with van der Waals surface area (Å²) in [4.78, 5) is 11.2. The van der Waals surface area contributed by atoms with Crippen LogP contribution < -0.4 is 10.5 Å². The highest BCUT2D eigenvalue weighted by Gasteiger charge is 2.41. The van der Waals surface area contributed by atoms with E-state index in [-0.39, 0.29) is 11.7 Å². The third kappa shape index (κ3) is 3.38. The minimum absolute atomic E-state index is 0.0248. The molecule has 4 rings (SSSR count). The summed E-state index contributed by atoms with van der Waals surface area (Å²) in [5.41, 5.74) is 9.53. The Morgan fingerprint density at radius 2 is 1.67 bits per heavy atom. The van der Waals surface area contributed by atoms with Gasteiger partial charge < -0.3 is 10.5 Å². The Morgan fingerprint density at radius 3 is 2.33 bits per heavy atom. The first kappa shape index (κ1) is 17.5. The Hall–Kier alpha value is -2.92. The van der Waals surface area contributed by atoms with Gasteiger partial charge in [-0.05, 0) is 56.2 Å². The fraction of sp³-hybridized carbons (Fsp3) is 0.273. The van der Waals surface area contributed by atoms with E-state index in [9.17, 15) is 0 Å². The largest absolute Gasteiger partial charge is 0.457 e. The highest BCUT2D eigenvalue weighted by Crippen LogP contribution is 2.38. The molecule has 0 saturated carbocycles. The molecular weight excluding hydrogens is 336 g/mol. The fourth-order valence-corrected chi connectivity index (χ4v) is 3.52. The maximum Gasteiger partial charge on any atom is 0.134 e. The molecule has 0 aliphatic carbocycles. The summed E-state index contributed by atoms with van der Waals surface area (Å²) in [7, 11) is 0. The third-order valence-corrected chi connectivity index (χ3v) is 4.93. The summed E-state index contributed by atoms with van der Waals surface area (Å²) in [6.07, 6.45) is 1.50. The van der Waals surface area contributed by atoms with Gasteiger partial charge >= 0.3 is 0 Å². The number of hydrogen-bond donors (Lipinski definition) is 1. The number of benzene rings is 2. The third-order valence-electron chi connectivity index (χ3n) is 4.93. The number of hydrogen-bond acceptors (Lipinski definition) is 5. The predicted molar refractivity (Wildman–Crippen MR) is 110 cm³/mol. The summed E-state index contributed by atoms with van der Waals surface area (Å²) in [6, 6.07) is 17.9. The molecule has 0 aromatic heterocycles. The Labute approximate surface area is 159 Å². The van der Waals surface area contributed by atoms with Crippen LogP contribution in [0.15, 0.2) is 70.2 Å². The first-order chi connectivity index (χ1) is 12.9. The van der Waals surface area contributed by atoms with Gasteiger partial charge in [-0.15, -0.1) is 0 Å². The highest BCUT2D eigenvalue weighted by molar-refractivity contribution is 6.10. The van der Waals surface area contributed by atoms with E-state index in [0.29, 0.717) is 5.84 Å². The summed E-state index contributed by atoms with van der Waals surface area (Å²) in [6.45, 7) is 7.38. The normalized spacial score (nSPS) is 19.8. The molecule has 27 heavy (non-hydrogen) atoms. The number of rotatable bonds is 3. The van der Waals surface area contributed by atoms with Crippen molar-refractivity contribution in [1.29, 1.82) is 0 Å². The first-order valence-corrected chi connectivity index (χ1v) is 9.12. The Kier molecular flexibility index (Phi) is 4.32. The Bertz CT molecular complexity index is 921. The molecule has 2 aliphatic heterocycles. The van der Waals surface area contributed by atoms with Crippen molar-refractivity contribution in [1.82, 2.24) is 4.90 Å². The van der Waals surface area contributed by atoms with Crippen LogP contribution in [-0.2, 0) is 0 Å². The number of fused-ring (bicyclic) bond motifs is 1. The molecule has 5 heteroatoms. The van der Waals surface area contributed by atoms with E-state index in [4.69, 9.17) is 10.5 Å². The molecule has 5 nitrogen and oxygen atoms in total. The van der Waals surface area contributed by atoms with Crippen LogP contribution in [-0.4, -0.2) is 35.3 Å². The van der Waals surface area contributed by atoms with Crippen molar-refractivity contribution >= 4 is 17.7 Å². The fourth-order valence-electron chi connectivity index (χ4n) is 3.52. The lowest BCUT2D eigenvalue weighted by atomic mass is 10.0. The molecule has 2 heterocycles. The number of amidine groups is 1. The first-order valence-electron chi connectivity index (χ1n) is 9.12. The number of ether oxygens (including phenoxy) is 1. The molecule has 0 amide bonds. The minimum Gasteiger partial charge on any atom is -0.457 e. The van der Waals surface area contributed by atoms with Crippen LogP contribution in [0.3, 0.4) is 0 Å². The number of aliphatic imine (C=N–C) groups is 2. The van der Waals surface area contributed by atoms with Gasteiger partial charge in [-0.2, -0.15) is 0 Å². The van der Waals surface area contributed by atoms with E-state index in [1.165, 1.54) is 5.57 Å². The van der Waals surface area contributed by atoms with E-state index in [1.54, 1.807) is 6.34 Å². The number of nitrogens with zero attached hydrogens (tertiary/aromatic N) is 3. The van der Waals surface area contributed by atoms with Gasteiger partial charge in [0.05, 0.1) is 0 Å². The van der Waals surface area contributed by atoms with Crippen molar-refractivity contribution in [3.05, 3.63) is 65.7 Å². The second-order valence-electron chi connectivity index (χ2n) is 7.78. The van der Waals surface area contributed by atoms with Crippen molar-refractivity contribution in [3.63, 3.8) is 0 Å². The van der Waals surface area contributed by atoms with Crippen LogP contribution in [0.5, 0.6) is 11.5 Å². The quantitative estimate of drug-likeness (QED) is 0.897. The zero-order chi connectivity index (χ0) is 19.0. The van der Waals surface area contributed by atoms with E-state index in [0.717, 1.165) is 29.2 Å². The second kappa shape index (κ2) is 6.67. The topological polar surface area (TPSA) is 63.2 Å². The van der Waals surface area contributed by atoms with Gasteiger partial charge in [0.1, 0.15) is 29.8 Å². The zero-order valence-electron chi connectivity index (χ0n) is 15.9. The molecule has 2 aromatic rings. The van der Waals surface area contributed by atoms with Crippen LogP contribution in [0.4, 0.5) is 0 Å². The molecule has 0 radical (unpaired) electrons. The van der Waals surface area contributed by atoms with Crippen LogP contribution >= 0.6 is 0 Å². The lowest BCUT2D eigenvalue weighted by molar-refractivity contribution is 0.136. The van der Waals surface area contributed by atoms with Gasteiger partial charge in [-0.1, -0.05) is 30.3 Å². The van der Waals surface area contributed by atoms with Crippen LogP contribution in [0, 0.1) is 0 Å². The molecule has 0 saturated heterocycles. The summed E-state index contributed by atoms with van der Waals surface area (Å²) in [5.74, 6) is 2.19. The maximum absolute atomic E-state index is 6.23. The van der Waals surface area contributed by atoms with Crippen molar-refractivity contribution in [3.8, 4) is 11.5 Å². The summed E-state index contributed by atoms with van der Waals surface area (Å²) < 4.78 is 5.90. The Morgan fingerprint density at radius 1 is 1.00 bits per heavy atom. The van der Waals surface area contributed by atoms with Crippen molar-refractivity contribution in [2.45, 2.75) is 32.5 Å². The highest BCUT2D eigenvalue weighted by atomic mass is 16.5. The monoisotopic (exact) mass is 360 g/mol. The standard InChI is InChI=1S/C22H24N4O/c1-22(2,3)26-13-18(19-20(23)24-14-25-21(19)26)15-9-11-17(12-10-15)27-16-7-5-4-6-8-16/h4-12,14,21H,13H2,1-3H3,(H2,23,24,25). The van der Waals surface area contributed by atoms with Gasteiger partial charge in [-0.25, -0.2) is 9.98 Å². The number of para-hydroxylation sites is 1. The molecule has 1 atom stereocenters. The average Bonchev–Trinajstić information content (AvgIpc) is 3.05. The van der Waals surface area contributed by atoms with Gasteiger partial charge in [0, 0.05) is 17.7 Å². The van der Waals surface area contributed by atoms with Crippen molar-refractivity contribution in [2.24, 2.45) is 15.7 Å². The van der Waals surface area contributed by atoms with Gasteiger partial charge in [0.25, 0.3) is 0 Å². The molecule has 2 aromatic carbocycles. The van der Waals surface area contributed by atoms with Crippen LogP contribution in [0.1, 0.15) is 26.3 Å². The van der Waals surface area contributed by atoms with Crippen molar-refractivity contribution in [2.75, 3.05) is 6.54 Å². The summed E-state index contributed by atoms with van der Waals surface area (Å²) in [5, 5.41) is 0.